The fraction of sp³-hybridized carbons (Fsp3) is 0.406. The minimum Gasteiger partial charge on any atom is -0.481 e. The van der Waals surface area contributed by atoms with Crippen molar-refractivity contribution in [2.45, 2.75) is 52.4 Å². The lowest BCUT2D eigenvalue weighted by atomic mass is 10.1. The van der Waals surface area contributed by atoms with Gasteiger partial charge >= 0.3 is 12.3 Å². The molecule has 0 radical (unpaired) electrons. The Balaban J connectivity index is 1.55. The second-order valence-corrected chi connectivity index (χ2v) is 13.4. The minimum absolute atomic E-state index is 0.0115. The number of ether oxygens (including phenoxy) is 2. The van der Waals surface area contributed by atoms with Crippen LogP contribution >= 0.6 is 22.9 Å². The molecule has 2 amide bonds. The third-order valence-electron chi connectivity index (χ3n) is 7.53. The molecule has 1 saturated heterocycles. The maximum Gasteiger partial charge on any atom is 0.416 e. The van der Waals surface area contributed by atoms with Crippen molar-refractivity contribution in [2.75, 3.05) is 43.5 Å². The molecule has 0 unspecified atom stereocenters. The van der Waals surface area contributed by atoms with E-state index in [4.69, 9.17) is 26.1 Å². The van der Waals surface area contributed by atoms with Gasteiger partial charge in [-0.05, 0) is 51.5 Å². The zero-order valence-electron chi connectivity index (χ0n) is 26.9. The van der Waals surface area contributed by atoms with E-state index in [1.807, 2.05) is 11.8 Å². The molecule has 48 heavy (non-hydrogen) atoms. The van der Waals surface area contributed by atoms with Crippen LogP contribution in [0.25, 0.3) is 20.9 Å². The fourth-order valence-corrected chi connectivity index (χ4v) is 6.64. The molecule has 1 aliphatic heterocycles. The zero-order chi connectivity index (χ0) is 35.0. The first-order valence-corrected chi connectivity index (χ1v) is 16.2. The van der Waals surface area contributed by atoms with Crippen molar-refractivity contribution < 1.29 is 32.2 Å². The fourth-order valence-electron chi connectivity index (χ4n) is 5.33. The number of amides is 2. The highest BCUT2D eigenvalue weighted by Crippen LogP contribution is 2.35. The van der Waals surface area contributed by atoms with Gasteiger partial charge in [0.15, 0.2) is 0 Å². The van der Waals surface area contributed by atoms with Crippen molar-refractivity contribution in [3.8, 4) is 16.5 Å². The van der Waals surface area contributed by atoms with E-state index in [-0.39, 0.29) is 28.2 Å². The third-order valence-corrected chi connectivity index (χ3v) is 8.97. The number of fused-ring (bicyclic) bond motifs is 1. The number of thiazole rings is 1. The van der Waals surface area contributed by atoms with Crippen molar-refractivity contribution in [3.63, 3.8) is 0 Å². The Morgan fingerprint density at radius 1 is 1.08 bits per heavy atom. The van der Waals surface area contributed by atoms with Gasteiger partial charge in [-0.25, -0.2) is 14.8 Å². The third kappa shape index (κ3) is 7.51. The number of alkyl halides is 3. The predicted octanol–water partition coefficient (Wildman–Crippen LogP) is 6.46. The van der Waals surface area contributed by atoms with Crippen LogP contribution < -0.4 is 20.4 Å². The van der Waals surface area contributed by atoms with Gasteiger partial charge in [-0.15, -0.1) is 0 Å². The standard InChI is InChI=1S/C32H34ClF3N6O5S/c1-6-22-26(40-11-13-41(14-12-40)30(45)47-31(2,3)4)27(44)25-29(48-28(39-25)18-9-10-37-24(15-18)46-5)42(22)17-23(43)38-21-8-7-19(16-20(21)33)32(34,35)36/h7-10,15-16H,6,11-14,17H2,1-5H3,(H,38,43). The number of pyridine rings is 2. The van der Waals surface area contributed by atoms with Crippen LogP contribution in [0.15, 0.2) is 41.3 Å². The van der Waals surface area contributed by atoms with Crippen LogP contribution in [0.2, 0.25) is 5.02 Å². The van der Waals surface area contributed by atoms with Crippen LogP contribution in [-0.2, 0) is 28.7 Å². The van der Waals surface area contributed by atoms with Gasteiger partial charge in [-0.1, -0.05) is 29.9 Å². The Kier molecular flexibility index (Phi) is 9.92. The Bertz CT molecular complexity index is 1920. The number of rotatable bonds is 7. The number of halogens is 4. The van der Waals surface area contributed by atoms with E-state index in [2.05, 4.69) is 10.3 Å². The number of nitrogens with zero attached hydrogens (tertiary/aromatic N) is 5. The highest BCUT2D eigenvalue weighted by atomic mass is 35.5. The first-order valence-electron chi connectivity index (χ1n) is 15.1. The van der Waals surface area contributed by atoms with E-state index in [9.17, 15) is 27.6 Å². The predicted molar refractivity (Wildman–Crippen MR) is 178 cm³/mol. The molecule has 0 aliphatic carbocycles. The molecule has 16 heteroatoms. The van der Waals surface area contributed by atoms with E-state index in [1.165, 1.54) is 18.4 Å². The lowest BCUT2D eigenvalue weighted by molar-refractivity contribution is -0.137. The summed E-state index contributed by atoms with van der Waals surface area (Å²) < 4.78 is 52.0. The van der Waals surface area contributed by atoms with Gasteiger partial charge in [0.2, 0.25) is 17.2 Å². The number of aromatic nitrogens is 3. The molecule has 1 fully saturated rings. The summed E-state index contributed by atoms with van der Waals surface area (Å²) in [6.45, 7) is 8.22. The molecule has 0 saturated carbocycles. The second kappa shape index (κ2) is 13.6. The van der Waals surface area contributed by atoms with Crippen LogP contribution in [0.1, 0.15) is 39.0 Å². The number of piperazine rings is 1. The van der Waals surface area contributed by atoms with E-state index in [1.54, 1.807) is 48.6 Å². The molecular weight excluding hydrogens is 673 g/mol. The van der Waals surface area contributed by atoms with Crippen molar-refractivity contribution in [2.24, 2.45) is 0 Å². The number of carbonyl (C=O) groups excluding carboxylic acids is 2. The summed E-state index contributed by atoms with van der Waals surface area (Å²) in [6.07, 6.45) is -3.12. The Morgan fingerprint density at radius 3 is 2.40 bits per heavy atom. The Labute approximate surface area is 283 Å². The number of hydrogen-bond acceptors (Lipinski definition) is 9. The minimum atomic E-state index is -4.60. The lowest BCUT2D eigenvalue weighted by Gasteiger charge is -2.37. The molecule has 1 aliphatic rings. The Morgan fingerprint density at radius 2 is 1.79 bits per heavy atom. The summed E-state index contributed by atoms with van der Waals surface area (Å²) in [5, 5.41) is 2.84. The van der Waals surface area contributed by atoms with Gasteiger partial charge < -0.3 is 29.2 Å². The number of carbonyl (C=O) groups is 2. The van der Waals surface area contributed by atoms with Crippen LogP contribution in [0.5, 0.6) is 5.88 Å². The molecule has 4 aromatic rings. The normalized spacial score (nSPS) is 13.9. The second-order valence-electron chi connectivity index (χ2n) is 12.0. The quantitative estimate of drug-likeness (QED) is 0.233. The number of methoxy groups -OCH3 is 1. The zero-order valence-corrected chi connectivity index (χ0v) is 28.5. The van der Waals surface area contributed by atoms with Gasteiger partial charge in [-0.2, -0.15) is 13.2 Å². The monoisotopic (exact) mass is 706 g/mol. The largest absolute Gasteiger partial charge is 0.481 e. The van der Waals surface area contributed by atoms with Crippen LogP contribution in [0.4, 0.5) is 29.3 Å². The summed E-state index contributed by atoms with van der Waals surface area (Å²) in [6, 6.07) is 6.10. The molecule has 1 N–H and O–H groups in total. The number of benzene rings is 1. The summed E-state index contributed by atoms with van der Waals surface area (Å²) in [4.78, 5) is 53.1. The van der Waals surface area contributed by atoms with E-state index in [0.29, 0.717) is 65.3 Å². The molecule has 0 spiro atoms. The number of nitrogens with one attached hydrogen (secondary N) is 1. The smallest absolute Gasteiger partial charge is 0.416 e. The molecule has 256 valence electrons. The van der Waals surface area contributed by atoms with E-state index in [0.717, 1.165) is 18.2 Å². The summed E-state index contributed by atoms with van der Waals surface area (Å²) in [5.41, 5.74) is -0.186. The highest BCUT2D eigenvalue weighted by molar-refractivity contribution is 7.21. The van der Waals surface area contributed by atoms with Gasteiger partial charge in [0.25, 0.3) is 0 Å². The molecule has 5 rings (SSSR count). The Hall–Kier alpha value is -4.37. The highest BCUT2D eigenvalue weighted by Gasteiger charge is 2.32. The molecule has 0 atom stereocenters. The van der Waals surface area contributed by atoms with Crippen molar-refractivity contribution in [1.82, 2.24) is 19.4 Å². The SMILES string of the molecule is CCc1c(N2CCN(C(=O)OC(C)(C)C)CC2)c(=O)c2nc(-c3ccnc(OC)c3)sc2n1CC(=O)Nc1ccc(C(F)(F)F)cc1Cl. The summed E-state index contributed by atoms with van der Waals surface area (Å²) in [5.74, 6) is -0.217. The average Bonchev–Trinajstić information content (AvgIpc) is 3.48. The topological polar surface area (TPSA) is 119 Å². The van der Waals surface area contributed by atoms with Crippen LogP contribution in [-0.4, -0.2) is 70.3 Å². The molecule has 3 aromatic heterocycles. The van der Waals surface area contributed by atoms with Crippen LogP contribution in [0.3, 0.4) is 0 Å². The molecule has 1 aromatic carbocycles. The lowest BCUT2D eigenvalue weighted by Crippen LogP contribution is -2.51. The number of hydrogen-bond donors (Lipinski definition) is 1. The number of anilines is 2. The van der Waals surface area contributed by atoms with Gasteiger partial charge in [0.1, 0.15) is 33.2 Å². The summed E-state index contributed by atoms with van der Waals surface area (Å²) in [7, 11) is 1.48. The van der Waals surface area contributed by atoms with Crippen molar-refractivity contribution in [3.05, 3.63) is 63.0 Å². The van der Waals surface area contributed by atoms with Gasteiger partial charge in [0.05, 0.1) is 23.4 Å². The maximum atomic E-state index is 14.2. The van der Waals surface area contributed by atoms with Gasteiger partial charge in [0, 0.05) is 49.7 Å². The first-order chi connectivity index (χ1) is 22.6. The van der Waals surface area contributed by atoms with Gasteiger partial charge in [-0.3, -0.25) is 9.59 Å². The molecular formula is C32H34ClF3N6O5S. The maximum absolute atomic E-state index is 14.2. The molecule has 11 nitrogen and oxygen atoms in total. The van der Waals surface area contributed by atoms with Crippen LogP contribution in [0, 0.1) is 0 Å². The van der Waals surface area contributed by atoms with Crippen molar-refractivity contribution >= 4 is 56.7 Å². The molecule has 0 bridgehead atoms. The van der Waals surface area contributed by atoms with E-state index >= 15 is 0 Å². The first kappa shape index (κ1) is 35.0. The average molecular weight is 707 g/mol. The van der Waals surface area contributed by atoms with Crippen molar-refractivity contribution in [1.29, 1.82) is 0 Å². The van der Waals surface area contributed by atoms with E-state index < -0.39 is 29.3 Å². The summed E-state index contributed by atoms with van der Waals surface area (Å²) >= 11 is 7.33. The molecule has 4 heterocycles.